The van der Waals surface area contributed by atoms with Crippen LogP contribution in [0.25, 0.3) is 11.1 Å². The Kier molecular flexibility index (Phi) is 11.5. The third-order valence-corrected chi connectivity index (χ3v) is 4.80. The molecule has 1 aromatic carbocycles. The number of amides is 2. The van der Waals surface area contributed by atoms with Crippen LogP contribution in [0.15, 0.2) is 43.1 Å². The van der Waals surface area contributed by atoms with Gasteiger partial charge >= 0.3 is 18.2 Å². The molecule has 0 aliphatic heterocycles. The van der Waals surface area contributed by atoms with Gasteiger partial charge in [0.15, 0.2) is 11.9 Å². The van der Waals surface area contributed by atoms with Gasteiger partial charge in [0.05, 0.1) is 0 Å². The fraction of sp³-hybridized carbons (Fsp3) is 0.500. The number of aliphatic hydroxyl groups is 1. The van der Waals surface area contributed by atoms with Crippen molar-refractivity contribution < 1.29 is 38.4 Å². The molecule has 0 aliphatic rings. The van der Waals surface area contributed by atoms with Gasteiger partial charge in [-0.25, -0.2) is 14.4 Å². The van der Waals surface area contributed by atoms with Crippen molar-refractivity contribution in [3.63, 3.8) is 0 Å². The van der Waals surface area contributed by atoms with E-state index in [4.69, 9.17) is 18.9 Å². The molecule has 12 heteroatoms. The highest BCUT2D eigenvalue weighted by Gasteiger charge is 2.24. The van der Waals surface area contributed by atoms with E-state index in [1.807, 2.05) is 0 Å². The molecule has 1 heterocycles. The average molecular weight is 561 g/mol. The molecule has 2 rings (SSSR count). The molecule has 0 bridgehead atoms. The summed E-state index contributed by atoms with van der Waals surface area (Å²) >= 11 is 0. The van der Waals surface area contributed by atoms with Crippen LogP contribution in [0.5, 0.6) is 5.75 Å². The van der Waals surface area contributed by atoms with Crippen LogP contribution in [0.2, 0.25) is 0 Å². The first kappa shape index (κ1) is 32.2. The largest absolute Gasteiger partial charge is 0.490 e. The molecule has 0 saturated carbocycles. The molecule has 2 aromatic rings. The average Bonchev–Trinajstić information content (AvgIpc) is 3.24. The van der Waals surface area contributed by atoms with Crippen molar-refractivity contribution in [3.8, 4) is 16.9 Å². The van der Waals surface area contributed by atoms with Crippen LogP contribution in [0.3, 0.4) is 0 Å². The summed E-state index contributed by atoms with van der Waals surface area (Å²) < 4.78 is 22.6. The number of aliphatic hydroxyl groups excluding tert-OH is 1. The highest BCUT2D eigenvalue weighted by atomic mass is 16.6. The summed E-state index contributed by atoms with van der Waals surface area (Å²) in [7, 11) is 0. The number of hydrogen-bond acceptors (Lipinski definition) is 9. The number of esters is 1. The maximum Gasteiger partial charge on any atom is 0.413 e. The minimum absolute atomic E-state index is 0.0411. The molecule has 0 radical (unpaired) electrons. The molecule has 40 heavy (non-hydrogen) atoms. The highest BCUT2D eigenvalue weighted by molar-refractivity contribution is 5.89. The Bertz CT molecular complexity index is 1150. The molecule has 3 N–H and O–H groups in total. The van der Waals surface area contributed by atoms with Gasteiger partial charge in [0.2, 0.25) is 0 Å². The Morgan fingerprint density at radius 3 is 2.30 bits per heavy atom. The number of rotatable bonds is 12. The highest BCUT2D eigenvalue weighted by Crippen LogP contribution is 2.29. The van der Waals surface area contributed by atoms with E-state index in [1.54, 1.807) is 76.7 Å². The second-order valence-corrected chi connectivity index (χ2v) is 10.8. The van der Waals surface area contributed by atoms with E-state index in [1.165, 1.54) is 6.08 Å². The van der Waals surface area contributed by atoms with Crippen molar-refractivity contribution in [2.75, 3.05) is 25.1 Å². The summed E-state index contributed by atoms with van der Waals surface area (Å²) in [6, 6.07) is 6.83. The zero-order valence-electron chi connectivity index (χ0n) is 24.0. The van der Waals surface area contributed by atoms with Gasteiger partial charge < -0.3 is 29.4 Å². The first-order valence-corrected chi connectivity index (χ1v) is 12.9. The number of alkyl carbamates (subject to hydrolysis) is 1. The summed E-state index contributed by atoms with van der Waals surface area (Å²) in [5.41, 5.74) is 0.0382. The molecular weight excluding hydrogens is 520 g/mol. The van der Waals surface area contributed by atoms with Gasteiger partial charge in [-0.15, -0.1) is 0 Å². The number of ether oxygens (including phenoxy) is 4. The number of aromatic nitrogens is 2. The summed E-state index contributed by atoms with van der Waals surface area (Å²) in [5.74, 6) is -0.0630. The number of nitrogens with one attached hydrogen (secondary N) is 2. The maximum absolute atomic E-state index is 12.2. The number of hydrogen-bond donors (Lipinski definition) is 3. The van der Waals surface area contributed by atoms with E-state index in [0.717, 1.165) is 5.56 Å². The fourth-order valence-electron chi connectivity index (χ4n) is 3.20. The van der Waals surface area contributed by atoms with Crippen LogP contribution < -0.4 is 15.4 Å². The predicted molar refractivity (Wildman–Crippen MR) is 149 cm³/mol. The van der Waals surface area contributed by atoms with Gasteiger partial charge in [0.1, 0.15) is 30.2 Å². The number of carbonyl (C=O) groups is 3. The Labute approximate surface area is 234 Å². The molecule has 1 atom stereocenters. The van der Waals surface area contributed by atoms with Crippen LogP contribution in [0.1, 0.15) is 48.0 Å². The number of benzene rings is 1. The van der Waals surface area contributed by atoms with E-state index < -0.39 is 35.5 Å². The summed E-state index contributed by atoms with van der Waals surface area (Å²) in [4.78, 5) is 36.0. The maximum atomic E-state index is 12.2. The third kappa shape index (κ3) is 11.8. The Hall–Kier alpha value is -4.06. The molecule has 1 aromatic heterocycles. The second-order valence-electron chi connectivity index (χ2n) is 10.8. The normalized spacial score (nSPS) is 12.2. The number of anilines is 1. The zero-order chi connectivity index (χ0) is 29.9. The van der Waals surface area contributed by atoms with Crippen molar-refractivity contribution in [1.29, 1.82) is 0 Å². The van der Waals surface area contributed by atoms with Gasteiger partial charge in [-0.3, -0.25) is 10.00 Å². The van der Waals surface area contributed by atoms with Crippen LogP contribution in [0, 0.1) is 0 Å². The van der Waals surface area contributed by atoms with E-state index in [2.05, 4.69) is 22.3 Å². The lowest BCUT2D eigenvalue weighted by Crippen LogP contribution is -2.35. The van der Waals surface area contributed by atoms with Crippen LogP contribution in [-0.2, 0) is 25.5 Å². The number of aryl methyl sites for hydroxylation is 1. The Balaban J connectivity index is 2.07. The van der Waals surface area contributed by atoms with Crippen LogP contribution >= 0.6 is 0 Å². The van der Waals surface area contributed by atoms with Crippen molar-refractivity contribution in [3.05, 3.63) is 43.1 Å². The zero-order valence-corrected chi connectivity index (χ0v) is 24.0. The second kappa shape index (κ2) is 14.4. The molecule has 0 aliphatic carbocycles. The SMILES string of the molecule is C=CCOC(=O)Nc1nn(CCCNC(=O)OC(C)(C)C)cc1-c1ccc(OCC(O)C(=O)OC(C)(C)C)cc1. The lowest BCUT2D eigenvalue weighted by molar-refractivity contribution is -0.166. The minimum Gasteiger partial charge on any atom is -0.490 e. The summed E-state index contributed by atoms with van der Waals surface area (Å²) in [6.07, 6.45) is 1.16. The molecule has 2 amide bonds. The van der Waals surface area contributed by atoms with Crippen molar-refractivity contribution >= 4 is 24.0 Å². The lowest BCUT2D eigenvalue weighted by atomic mass is 10.1. The molecule has 0 saturated heterocycles. The van der Waals surface area contributed by atoms with E-state index in [9.17, 15) is 19.5 Å². The first-order valence-electron chi connectivity index (χ1n) is 12.9. The van der Waals surface area contributed by atoms with Crippen LogP contribution in [0.4, 0.5) is 15.4 Å². The molecule has 220 valence electrons. The molecule has 12 nitrogen and oxygen atoms in total. The van der Waals surface area contributed by atoms with E-state index >= 15 is 0 Å². The van der Waals surface area contributed by atoms with Crippen molar-refractivity contribution in [2.45, 2.75) is 71.8 Å². The predicted octanol–water partition coefficient (Wildman–Crippen LogP) is 4.28. The van der Waals surface area contributed by atoms with Crippen LogP contribution in [-0.4, -0.2) is 70.1 Å². The fourth-order valence-corrected chi connectivity index (χ4v) is 3.20. The van der Waals surface area contributed by atoms with E-state index in [0.29, 0.717) is 30.8 Å². The first-order chi connectivity index (χ1) is 18.7. The van der Waals surface area contributed by atoms with Gasteiger partial charge in [-0.05, 0) is 65.7 Å². The summed E-state index contributed by atoms with van der Waals surface area (Å²) in [6.45, 7) is 14.6. The smallest absolute Gasteiger partial charge is 0.413 e. The van der Waals surface area contributed by atoms with Gasteiger partial charge in [-0.2, -0.15) is 5.10 Å². The molecule has 0 fully saturated rings. The lowest BCUT2D eigenvalue weighted by Gasteiger charge is -2.21. The van der Waals surface area contributed by atoms with Gasteiger partial charge in [-0.1, -0.05) is 24.8 Å². The summed E-state index contributed by atoms with van der Waals surface area (Å²) in [5, 5.41) is 19.8. The molecular formula is C28H40N4O8. The quantitative estimate of drug-likeness (QED) is 0.150. The standard InChI is InChI=1S/C28H40N4O8/c1-8-16-37-26(36)30-23-21(17-32(31-23)15-9-14-29-25(35)40-28(5,6)7)19-10-12-20(13-11-19)38-18-22(33)24(34)39-27(2,3)4/h8,10-13,17,22,33H,1,9,14-16,18H2,2-7H3,(H,29,35)(H,30,31,36). The molecule has 1 unspecified atom stereocenters. The van der Waals surface area contributed by atoms with Crippen molar-refractivity contribution in [1.82, 2.24) is 15.1 Å². The van der Waals surface area contributed by atoms with Gasteiger partial charge in [0.25, 0.3) is 0 Å². The Morgan fingerprint density at radius 1 is 1.05 bits per heavy atom. The van der Waals surface area contributed by atoms with Crippen molar-refractivity contribution in [2.24, 2.45) is 0 Å². The third-order valence-electron chi connectivity index (χ3n) is 4.80. The number of carbonyl (C=O) groups excluding carboxylic acids is 3. The topological polar surface area (TPSA) is 150 Å². The molecule has 0 spiro atoms. The monoisotopic (exact) mass is 560 g/mol. The number of nitrogens with zero attached hydrogens (tertiary/aromatic N) is 2. The Morgan fingerprint density at radius 2 is 1.70 bits per heavy atom. The minimum atomic E-state index is -1.43. The van der Waals surface area contributed by atoms with E-state index in [-0.39, 0.29) is 19.0 Å². The van der Waals surface area contributed by atoms with Gasteiger partial charge in [0, 0.05) is 24.8 Å².